The first kappa shape index (κ1) is 16.9. The molecule has 2 aromatic heterocycles. The van der Waals surface area contributed by atoms with Gasteiger partial charge in [0.15, 0.2) is 0 Å². The molecule has 5 rings (SSSR count). The summed E-state index contributed by atoms with van der Waals surface area (Å²) in [5.41, 5.74) is 4.44. The Hall–Kier alpha value is -2.28. The van der Waals surface area contributed by atoms with Gasteiger partial charge in [-0.2, -0.15) is 5.10 Å². The highest BCUT2D eigenvalue weighted by atomic mass is 16.5. The van der Waals surface area contributed by atoms with Crippen molar-refractivity contribution in [1.82, 2.24) is 19.7 Å². The lowest BCUT2D eigenvalue weighted by molar-refractivity contribution is 0.108. The van der Waals surface area contributed by atoms with Crippen molar-refractivity contribution >= 4 is 5.82 Å². The molecular weight excluding hydrogens is 342 g/mol. The Morgan fingerprint density at radius 1 is 1.19 bits per heavy atom. The molecule has 0 aromatic carbocycles. The minimum absolute atomic E-state index is 0.0322. The van der Waals surface area contributed by atoms with Crippen LogP contribution in [-0.4, -0.2) is 38.9 Å². The fourth-order valence-corrected chi connectivity index (χ4v) is 4.66. The molecule has 3 aliphatic rings. The van der Waals surface area contributed by atoms with Crippen molar-refractivity contribution in [2.24, 2.45) is 0 Å². The van der Waals surface area contributed by atoms with E-state index in [0.29, 0.717) is 19.8 Å². The van der Waals surface area contributed by atoms with E-state index in [1.165, 1.54) is 11.3 Å². The standard InChI is InChI=1S/C20H25N5O2/c1-13-21-18-6-2-5-16(18)20(22-13)24-8-3-4-15(24)11-25-19(26)10-14-12-27-9-7-17(14)23-25/h10,15H,2-9,11-12H2,1H3. The highest BCUT2D eigenvalue weighted by molar-refractivity contribution is 5.52. The van der Waals surface area contributed by atoms with E-state index in [-0.39, 0.29) is 11.6 Å². The monoisotopic (exact) mass is 367 g/mol. The third-order valence-corrected chi connectivity index (χ3v) is 5.96. The zero-order valence-corrected chi connectivity index (χ0v) is 15.8. The summed E-state index contributed by atoms with van der Waals surface area (Å²) in [6.07, 6.45) is 6.24. The Bertz CT molecular complexity index is 939. The molecule has 1 fully saturated rings. The summed E-state index contributed by atoms with van der Waals surface area (Å²) in [6, 6.07) is 1.96. The van der Waals surface area contributed by atoms with E-state index in [1.807, 2.05) is 6.92 Å². The number of anilines is 1. The zero-order valence-electron chi connectivity index (χ0n) is 15.8. The van der Waals surface area contributed by atoms with Crippen molar-refractivity contribution in [3.8, 4) is 0 Å². The van der Waals surface area contributed by atoms with Crippen LogP contribution in [0.25, 0.3) is 0 Å². The number of hydrogen-bond acceptors (Lipinski definition) is 6. The van der Waals surface area contributed by atoms with Crippen LogP contribution >= 0.6 is 0 Å². The van der Waals surface area contributed by atoms with Crippen LogP contribution in [0.15, 0.2) is 10.9 Å². The number of ether oxygens (including phenoxy) is 1. The molecule has 4 heterocycles. The largest absolute Gasteiger partial charge is 0.376 e. The molecule has 0 spiro atoms. The average Bonchev–Trinajstić information content (AvgIpc) is 3.31. The Kier molecular flexibility index (Phi) is 4.19. The van der Waals surface area contributed by atoms with Crippen LogP contribution in [0, 0.1) is 6.92 Å². The van der Waals surface area contributed by atoms with E-state index in [1.54, 1.807) is 10.7 Å². The summed E-state index contributed by atoms with van der Waals surface area (Å²) in [6.45, 7) is 4.76. The smallest absolute Gasteiger partial charge is 0.267 e. The first-order valence-corrected chi connectivity index (χ1v) is 10.00. The summed E-state index contributed by atoms with van der Waals surface area (Å²) in [5.74, 6) is 1.94. The lowest BCUT2D eigenvalue weighted by Gasteiger charge is -2.28. The first-order chi connectivity index (χ1) is 13.2. The topological polar surface area (TPSA) is 73.1 Å². The van der Waals surface area contributed by atoms with Crippen molar-refractivity contribution in [3.63, 3.8) is 0 Å². The first-order valence-electron chi connectivity index (χ1n) is 10.00. The van der Waals surface area contributed by atoms with Gasteiger partial charge in [-0.25, -0.2) is 14.6 Å². The fourth-order valence-electron chi connectivity index (χ4n) is 4.66. The second kappa shape index (κ2) is 6.71. The quantitative estimate of drug-likeness (QED) is 0.820. The molecule has 7 nitrogen and oxygen atoms in total. The highest BCUT2D eigenvalue weighted by Gasteiger charge is 2.31. The van der Waals surface area contributed by atoms with Crippen molar-refractivity contribution in [1.29, 1.82) is 0 Å². The third kappa shape index (κ3) is 3.04. The van der Waals surface area contributed by atoms with Gasteiger partial charge < -0.3 is 9.64 Å². The molecule has 0 bridgehead atoms. The molecular formula is C20H25N5O2. The van der Waals surface area contributed by atoms with Gasteiger partial charge in [0.25, 0.3) is 5.56 Å². The SMILES string of the molecule is Cc1nc2c(c(N3CCCC3Cn3nc4c(cc3=O)COCC4)n1)CCC2. The van der Waals surface area contributed by atoms with Gasteiger partial charge in [0.1, 0.15) is 11.6 Å². The molecule has 2 aromatic rings. The normalized spacial score (nSPS) is 21.4. The summed E-state index contributed by atoms with van der Waals surface area (Å²) in [4.78, 5) is 24.4. The van der Waals surface area contributed by atoms with Crippen LogP contribution in [0.5, 0.6) is 0 Å². The van der Waals surface area contributed by atoms with Gasteiger partial charge in [-0.05, 0) is 39.0 Å². The average molecular weight is 367 g/mol. The van der Waals surface area contributed by atoms with Crippen LogP contribution in [-0.2, 0) is 37.2 Å². The van der Waals surface area contributed by atoms with Gasteiger partial charge in [0.2, 0.25) is 0 Å². The molecule has 1 atom stereocenters. The van der Waals surface area contributed by atoms with Gasteiger partial charge >= 0.3 is 0 Å². The van der Waals surface area contributed by atoms with Crippen molar-refractivity contribution in [2.75, 3.05) is 18.1 Å². The Labute approximate surface area is 158 Å². The second-order valence-electron chi connectivity index (χ2n) is 7.80. The summed E-state index contributed by atoms with van der Waals surface area (Å²) < 4.78 is 7.10. The van der Waals surface area contributed by atoms with E-state index in [2.05, 4.69) is 15.0 Å². The molecule has 0 saturated carbocycles. The van der Waals surface area contributed by atoms with Gasteiger partial charge in [-0.15, -0.1) is 0 Å². The predicted octanol–water partition coefficient (Wildman–Crippen LogP) is 1.57. The maximum Gasteiger partial charge on any atom is 0.267 e. The number of nitrogens with zero attached hydrogens (tertiary/aromatic N) is 5. The minimum atomic E-state index is -0.0322. The molecule has 0 N–H and O–H groups in total. The maximum atomic E-state index is 12.6. The molecule has 1 unspecified atom stereocenters. The predicted molar refractivity (Wildman–Crippen MR) is 101 cm³/mol. The van der Waals surface area contributed by atoms with Crippen molar-refractivity contribution in [3.05, 3.63) is 44.8 Å². The van der Waals surface area contributed by atoms with E-state index in [9.17, 15) is 4.79 Å². The molecule has 0 amide bonds. The van der Waals surface area contributed by atoms with Gasteiger partial charge in [-0.3, -0.25) is 4.79 Å². The lowest BCUT2D eigenvalue weighted by Crippen LogP contribution is -2.39. The molecule has 7 heteroatoms. The summed E-state index contributed by atoms with van der Waals surface area (Å²) in [5, 5.41) is 4.66. The third-order valence-electron chi connectivity index (χ3n) is 5.96. The molecule has 2 aliphatic heterocycles. The molecule has 1 aliphatic carbocycles. The molecule has 1 saturated heterocycles. The number of aryl methyl sites for hydroxylation is 2. The van der Waals surface area contributed by atoms with E-state index in [0.717, 1.165) is 68.0 Å². The zero-order chi connectivity index (χ0) is 18.4. The van der Waals surface area contributed by atoms with Crippen LogP contribution in [0.4, 0.5) is 5.82 Å². The van der Waals surface area contributed by atoms with Crippen LogP contribution in [0.2, 0.25) is 0 Å². The highest BCUT2D eigenvalue weighted by Crippen LogP contribution is 2.33. The van der Waals surface area contributed by atoms with Crippen molar-refractivity contribution < 1.29 is 4.74 Å². The minimum Gasteiger partial charge on any atom is -0.376 e. The number of fused-ring (bicyclic) bond motifs is 2. The van der Waals surface area contributed by atoms with Crippen LogP contribution in [0.3, 0.4) is 0 Å². The number of aromatic nitrogens is 4. The molecule has 27 heavy (non-hydrogen) atoms. The number of rotatable bonds is 3. The Morgan fingerprint density at radius 2 is 2.11 bits per heavy atom. The van der Waals surface area contributed by atoms with E-state index < -0.39 is 0 Å². The van der Waals surface area contributed by atoms with E-state index in [4.69, 9.17) is 9.72 Å². The summed E-state index contributed by atoms with van der Waals surface area (Å²) in [7, 11) is 0. The maximum absolute atomic E-state index is 12.6. The second-order valence-corrected chi connectivity index (χ2v) is 7.80. The lowest BCUT2D eigenvalue weighted by atomic mass is 10.1. The van der Waals surface area contributed by atoms with Gasteiger partial charge in [0, 0.05) is 35.9 Å². The van der Waals surface area contributed by atoms with E-state index >= 15 is 0 Å². The van der Waals surface area contributed by atoms with Gasteiger partial charge in [0.05, 0.1) is 31.5 Å². The summed E-state index contributed by atoms with van der Waals surface area (Å²) >= 11 is 0. The van der Waals surface area contributed by atoms with Gasteiger partial charge in [-0.1, -0.05) is 0 Å². The molecule has 142 valence electrons. The fraction of sp³-hybridized carbons (Fsp3) is 0.600. The van der Waals surface area contributed by atoms with Crippen LogP contribution < -0.4 is 10.5 Å². The Balaban J connectivity index is 1.46. The van der Waals surface area contributed by atoms with Crippen LogP contribution in [0.1, 0.15) is 47.6 Å². The Morgan fingerprint density at radius 3 is 3.04 bits per heavy atom. The number of hydrogen-bond donors (Lipinski definition) is 0. The van der Waals surface area contributed by atoms with Crippen molar-refractivity contribution in [2.45, 2.75) is 64.6 Å². The molecule has 0 radical (unpaired) electrons.